The minimum Gasteiger partial charge on any atom is -0.505 e. The van der Waals surface area contributed by atoms with Gasteiger partial charge < -0.3 is 5.11 Å². The maximum atomic E-state index is 10.5. The smallest absolute Gasteiger partial charge is 0.274 e. The minimum absolute atomic E-state index is 0.175. The minimum atomic E-state index is -0.850. The van der Waals surface area contributed by atoms with Crippen LogP contribution in [0.5, 0.6) is 5.75 Å². The van der Waals surface area contributed by atoms with Crippen LogP contribution in [-0.2, 0) is 0 Å². The lowest BCUT2D eigenvalue weighted by Gasteiger charge is -1.96. The zero-order valence-corrected chi connectivity index (χ0v) is 6.54. The van der Waals surface area contributed by atoms with Crippen LogP contribution in [0.1, 0.15) is 16.1 Å². The van der Waals surface area contributed by atoms with Crippen molar-refractivity contribution in [2.75, 3.05) is 0 Å². The monoisotopic (exact) mass is 182 g/mol. The molecule has 0 radical (unpaired) electrons. The topological polar surface area (TPSA) is 74.0 Å². The quantitative estimate of drug-likeness (QED) is 0.659. The van der Waals surface area contributed by atoms with Gasteiger partial charge in [0.2, 0.25) is 0 Å². The van der Waals surface area contributed by atoms with Crippen LogP contribution >= 0.6 is 11.6 Å². The van der Waals surface area contributed by atoms with Crippen molar-refractivity contribution >= 4 is 16.8 Å². The molecule has 5 heteroatoms. The van der Waals surface area contributed by atoms with E-state index in [1.54, 1.807) is 6.07 Å². The largest absolute Gasteiger partial charge is 0.505 e. The molecule has 0 bridgehead atoms. The number of pyridine rings is 1. The second kappa shape index (κ2) is 3.20. The number of halogens is 1. The summed E-state index contributed by atoms with van der Waals surface area (Å²) in [6, 6.07) is 2.88. The summed E-state index contributed by atoms with van der Waals surface area (Å²) in [7, 11) is 0. The normalized spacial score (nSPS) is 9.00. The van der Waals surface area contributed by atoms with Crippen LogP contribution < -0.4 is 0 Å². The number of hydrogen-bond donors (Lipinski definition) is 1. The van der Waals surface area contributed by atoms with E-state index in [9.17, 15) is 4.79 Å². The molecule has 4 nitrogen and oxygen atoms in total. The molecule has 12 heavy (non-hydrogen) atoms. The second-order valence-electron chi connectivity index (χ2n) is 1.98. The van der Waals surface area contributed by atoms with Gasteiger partial charge in [-0.25, -0.2) is 4.98 Å². The predicted molar refractivity (Wildman–Crippen MR) is 40.8 cm³/mol. The molecule has 0 atom stereocenters. The Morgan fingerprint density at radius 3 is 2.83 bits per heavy atom. The van der Waals surface area contributed by atoms with Crippen molar-refractivity contribution in [1.82, 2.24) is 4.98 Å². The van der Waals surface area contributed by atoms with E-state index in [1.165, 1.54) is 0 Å². The maximum absolute atomic E-state index is 10.5. The van der Waals surface area contributed by atoms with Gasteiger partial charge in [-0.3, -0.25) is 4.79 Å². The van der Waals surface area contributed by atoms with E-state index in [1.807, 2.05) is 0 Å². The molecule has 0 spiro atoms. The van der Waals surface area contributed by atoms with E-state index < -0.39 is 5.24 Å². The molecule has 0 aliphatic carbocycles. The summed E-state index contributed by atoms with van der Waals surface area (Å²) in [5, 5.41) is 16.6. The highest BCUT2D eigenvalue weighted by Gasteiger charge is 2.09. The molecule has 0 saturated heterocycles. The summed E-state index contributed by atoms with van der Waals surface area (Å²) in [5.41, 5.74) is -0.0650. The summed E-state index contributed by atoms with van der Waals surface area (Å²) in [6.45, 7) is 0. The first kappa shape index (κ1) is 8.50. The molecule has 0 amide bonds. The maximum Gasteiger partial charge on any atom is 0.274 e. The first-order chi connectivity index (χ1) is 5.65. The highest BCUT2D eigenvalue weighted by atomic mass is 35.5. The van der Waals surface area contributed by atoms with E-state index >= 15 is 0 Å². The van der Waals surface area contributed by atoms with Crippen molar-refractivity contribution in [3.8, 4) is 11.8 Å². The Balaban J connectivity index is 3.23. The lowest BCUT2D eigenvalue weighted by molar-refractivity contribution is 0.107. The Hall–Kier alpha value is -1.60. The van der Waals surface area contributed by atoms with Crippen LogP contribution in [0.4, 0.5) is 0 Å². The Bertz CT molecular complexity index is 370. The number of aromatic nitrogens is 1. The summed E-state index contributed by atoms with van der Waals surface area (Å²) < 4.78 is 0. The fourth-order valence-corrected chi connectivity index (χ4v) is 0.811. The molecule has 0 unspecified atom stereocenters. The van der Waals surface area contributed by atoms with Crippen LogP contribution in [0.2, 0.25) is 0 Å². The van der Waals surface area contributed by atoms with E-state index in [4.69, 9.17) is 22.0 Å². The van der Waals surface area contributed by atoms with Crippen molar-refractivity contribution in [1.29, 1.82) is 5.26 Å². The number of nitrogens with zero attached hydrogens (tertiary/aromatic N) is 2. The molecular weight excluding hydrogens is 180 g/mol. The first-order valence-electron chi connectivity index (χ1n) is 2.94. The van der Waals surface area contributed by atoms with E-state index in [-0.39, 0.29) is 17.0 Å². The van der Waals surface area contributed by atoms with Crippen molar-refractivity contribution in [3.05, 3.63) is 23.5 Å². The fraction of sp³-hybridized carbons (Fsp3) is 0. The average molecular weight is 183 g/mol. The molecule has 0 aromatic carbocycles. The summed E-state index contributed by atoms with van der Waals surface area (Å²) in [6.07, 6.45) is 1.16. The average Bonchev–Trinajstić information content (AvgIpc) is 2.03. The third kappa shape index (κ3) is 1.52. The van der Waals surface area contributed by atoms with Gasteiger partial charge >= 0.3 is 0 Å². The van der Waals surface area contributed by atoms with E-state index in [2.05, 4.69) is 4.98 Å². The third-order valence-electron chi connectivity index (χ3n) is 1.18. The molecule has 1 heterocycles. The Kier molecular flexibility index (Phi) is 2.26. The number of hydrogen-bond acceptors (Lipinski definition) is 4. The van der Waals surface area contributed by atoms with Crippen molar-refractivity contribution in [3.63, 3.8) is 0 Å². The number of aromatic hydroxyl groups is 1. The number of carbonyl (C=O) groups excluding carboxylic acids is 1. The van der Waals surface area contributed by atoms with Gasteiger partial charge in [-0.15, -0.1) is 0 Å². The van der Waals surface area contributed by atoms with Gasteiger partial charge in [0.25, 0.3) is 5.24 Å². The summed E-state index contributed by atoms with van der Waals surface area (Å²) >= 11 is 5.06. The van der Waals surface area contributed by atoms with Gasteiger partial charge in [0.1, 0.15) is 11.8 Å². The van der Waals surface area contributed by atoms with Gasteiger partial charge in [0.05, 0.1) is 5.56 Å². The Morgan fingerprint density at radius 1 is 1.75 bits per heavy atom. The van der Waals surface area contributed by atoms with Crippen molar-refractivity contribution in [2.45, 2.75) is 0 Å². The molecule has 0 aliphatic heterocycles. The van der Waals surface area contributed by atoms with Crippen LogP contribution in [0.3, 0.4) is 0 Å². The molecule has 60 valence electrons. The van der Waals surface area contributed by atoms with Crippen molar-refractivity contribution < 1.29 is 9.90 Å². The van der Waals surface area contributed by atoms with Crippen LogP contribution in [-0.4, -0.2) is 15.3 Å². The van der Waals surface area contributed by atoms with Gasteiger partial charge in [-0.05, 0) is 11.6 Å². The van der Waals surface area contributed by atoms with E-state index in [0.717, 1.165) is 12.3 Å². The van der Waals surface area contributed by atoms with Gasteiger partial charge in [-0.2, -0.15) is 5.26 Å². The fourth-order valence-electron chi connectivity index (χ4n) is 0.666. The highest BCUT2D eigenvalue weighted by Crippen LogP contribution is 2.16. The summed E-state index contributed by atoms with van der Waals surface area (Å²) in [5.74, 6) is -0.381. The standard InChI is InChI=1S/C7H3ClN2O2/c8-7(12)6-5(11)1-4(2-9)3-10-6/h1,3,11H. The molecular formula is C7H3ClN2O2. The van der Waals surface area contributed by atoms with Gasteiger partial charge in [-0.1, -0.05) is 0 Å². The first-order valence-corrected chi connectivity index (χ1v) is 3.32. The van der Waals surface area contributed by atoms with Crippen LogP contribution in [0.25, 0.3) is 0 Å². The molecule has 1 aromatic rings. The number of rotatable bonds is 1. The molecule has 1 aromatic heterocycles. The zero-order chi connectivity index (χ0) is 9.14. The third-order valence-corrected chi connectivity index (χ3v) is 1.36. The van der Waals surface area contributed by atoms with Gasteiger partial charge in [0, 0.05) is 12.3 Å². The molecule has 1 N–H and O–H groups in total. The second-order valence-corrected chi connectivity index (χ2v) is 2.32. The van der Waals surface area contributed by atoms with E-state index in [0.29, 0.717) is 0 Å². The molecule has 0 aliphatic rings. The van der Waals surface area contributed by atoms with Crippen LogP contribution in [0, 0.1) is 11.3 Å². The predicted octanol–water partition coefficient (Wildman–Crippen LogP) is 1.04. The lowest BCUT2D eigenvalue weighted by atomic mass is 10.2. The molecule has 0 saturated carbocycles. The molecule has 1 rings (SSSR count). The number of nitriles is 1. The Labute approximate surface area is 73.0 Å². The number of carbonyl (C=O) groups is 1. The van der Waals surface area contributed by atoms with Crippen LogP contribution in [0.15, 0.2) is 12.3 Å². The zero-order valence-electron chi connectivity index (χ0n) is 5.78. The SMILES string of the molecule is N#Cc1cnc(C(=O)Cl)c(O)c1. The summed E-state index contributed by atoms with van der Waals surface area (Å²) in [4.78, 5) is 14.0. The highest BCUT2D eigenvalue weighted by molar-refractivity contribution is 6.67. The molecule has 0 fully saturated rings. The lowest BCUT2D eigenvalue weighted by Crippen LogP contribution is -1.94. The Morgan fingerprint density at radius 2 is 2.42 bits per heavy atom. The van der Waals surface area contributed by atoms with Crippen molar-refractivity contribution in [2.24, 2.45) is 0 Å². The van der Waals surface area contributed by atoms with Gasteiger partial charge in [0.15, 0.2) is 5.69 Å².